The number of benzene rings is 1. The van der Waals surface area contributed by atoms with Crippen LogP contribution in [0, 0.1) is 12.8 Å². The van der Waals surface area contributed by atoms with Crippen LogP contribution in [0.2, 0.25) is 0 Å². The van der Waals surface area contributed by atoms with E-state index in [1.54, 1.807) is 0 Å². The molecular weight excluding hydrogens is 202 g/mol. The van der Waals surface area contributed by atoms with Gasteiger partial charge in [-0.05, 0) is 36.0 Å². The molecule has 3 nitrogen and oxygen atoms in total. The number of carboxylic acids is 1. The molecule has 3 rings (SSSR count). The van der Waals surface area contributed by atoms with Crippen LogP contribution in [0.4, 0.5) is 0 Å². The van der Waals surface area contributed by atoms with Crippen LogP contribution < -0.4 is 5.32 Å². The monoisotopic (exact) mass is 217 g/mol. The average Bonchev–Trinajstić information content (AvgIpc) is 2.76. The molecule has 0 amide bonds. The van der Waals surface area contributed by atoms with E-state index in [1.807, 2.05) is 0 Å². The van der Waals surface area contributed by atoms with Crippen LogP contribution in [-0.4, -0.2) is 23.7 Å². The molecule has 0 bridgehead atoms. The number of carboxylic acid groups (broad SMARTS) is 1. The third-order valence-electron chi connectivity index (χ3n) is 4.05. The molecule has 2 aliphatic rings. The third-order valence-corrected chi connectivity index (χ3v) is 4.05. The summed E-state index contributed by atoms with van der Waals surface area (Å²) in [5.74, 6) is -0.0671. The second kappa shape index (κ2) is 3.32. The second-order valence-corrected chi connectivity index (χ2v) is 4.84. The van der Waals surface area contributed by atoms with Crippen molar-refractivity contribution in [2.75, 3.05) is 6.54 Å². The first-order valence-corrected chi connectivity index (χ1v) is 5.73. The van der Waals surface area contributed by atoms with E-state index in [0.29, 0.717) is 5.92 Å². The first kappa shape index (κ1) is 9.85. The van der Waals surface area contributed by atoms with Gasteiger partial charge in [0.1, 0.15) is 6.04 Å². The van der Waals surface area contributed by atoms with Gasteiger partial charge < -0.3 is 10.4 Å². The van der Waals surface area contributed by atoms with Crippen LogP contribution in [0.3, 0.4) is 0 Å². The van der Waals surface area contributed by atoms with E-state index in [1.165, 1.54) is 16.7 Å². The molecular formula is C13H15NO2. The number of rotatable bonds is 1. The van der Waals surface area contributed by atoms with Gasteiger partial charge in [0.2, 0.25) is 0 Å². The minimum absolute atomic E-state index is 0.244. The maximum Gasteiger partial charge on any atom is 0.321 e. The molecule has 2 N–H and O–H groups in total. The average molecular weight is 217 g/mol. The zero-order valence-electron chi connectivity index (χ0n) is 9.23. The van der Waals surface area contributed by atoms with Gasteiger partial charge >= 0.3 is 5.97 Å². The van der Waals surface area contributed by atoms with E-state index >= 15 is 0 Å². The van der Waals surface area contributed by atoms with Crippen LogP contribution in [0.5, 0.6) is 0 Å². The van der Waals surface area contributed by atoms with Gasteiger partial charge in [-0.2, -0.15) is 0 Å². The van der Waals surface area contributed by atoms with Gasteiger partial charge in [0.25, 0.3) is 0 Å². The fourth-order valence-electron chi connectivity index (χ4n) is 3.25. The molecule has 0 radical (unpaired) electrons. The standard InChI is InChI=1S/C13H15NO2/c1-7-3-2-4-8-9(7)5-10-11(8)6-14-12(10)13(15)16/h2-4,10-12,14H,5-6H2,1H3,(H,15,16). The lowest BCUT2D eigenvalue weighted by molar-refractivity contribution is -0.140. The van der Waals surface area contributed by atoms with Crippen molar-refractivity contribution in [3.63, 3.8) is 0 Å². The van der Waals surface area contributed by atoms with Crippen molar-refractivity contribution in [2.45, 2.75) is 25.3 Å². The Morgan fingerprint density at radius 1 is 1.50 bits per heavy atom. The van der Waals surface area contributed by atoms with E-state index < -0.39 is 5.97 Å². The molecule has 3 atom stereocenters. The highest BCUT2D eigenvalue weighted by molar-refractivity contribution is 5.75. The second-order valence-electron chi connectivity index (χ2n) is 4.84. The molecule has 84 valence electrons. The molecule has 0 saturated carbocycles. The molecule has 16 heavy (non-hydrogen) atoms. The number of carbonyl (C=O) groups is 1. The summed E-state index contributed by atoms with van der Waals surface area (Å²) < 4.78 is 0. The summed E-state index contributed by atoms with van der Waals surface area (Å²) in [6.07, 6.45) is 0.913. The number of nitrogens with one attached hydrogen (secondary N) is 1. The van der Waals surface area contributed by atoms with E-state index in [0.717, 1.165) is 13.0 Å². The molecule has 1 aromatic carbocycles. The molecule has 1 saturated heterocycles. The van der Waals surface area contributed by atoms with E-state index in [4.69, 9.17) is 5.11 Å². The lowest BCUT2D eigenvalue weighted by Gasteiger charge is -2.13. The van der Waals surface area contributed by atoms with Crippen molar-refractivity contribution in [3.05, 3.63) is 34.9 Å². The van der Waals surface area contributed by atoms with Gasteiger partial charge in [-0.15, -0.1) is 0 Å². The van der Waals surface area contributed by atoms with Gasteiger partial charge in [-0.1, -0.05) is 18.2 Å². The van der Waals surface area contributed by atoms with Crippen molar-refractivity contribution in [1.82, 2.24) is 5.32 Å². The van der Waals surface area contributed by atoms with E-state index in [2.05, 4.69) is 30.4 Å². The first-order valence-electron chi connectivity index (χ1n) is 5.73. The summed E-state index contributed by atoms with van der Waals surface area (Å²) in [6.45, 7) is 2.92. The van der Waals surface area contributed by atoms with Gasteiger partial charge in [0.05, 0.1) is 0 Å². The predicted molar refractivity (Wildman–Crippen MR) is 60.5 cm³/mol. The van der Waals surface area contributed by atoms with Crippen LogP contribution in [0.1, 0.15) is 22.6 Å². The van der Waals surface area contributed by atoms with Crippen molar-refractivity contribution in [1.29, 1.82) is 0 Å². The molecule has 1 aliphatic heterocycles. The summed E-state index contributed by atoms with van der Waals surface area (Å²) in [7, 11) is 0. The van der Waals surface area contributed by atoms with Crippen LogP contribution in [-0.2, 0) is 11.2 Å². The maximum atomic E-state index is 11.1. The molecule has 0 aromatic heterocycles. The Morgan fingerprint density at radius 3 is 3.06 bits per heavy atom. The summed E-state index contributed by atoms with van der Waals surface area (Å²) >= 11 is 0. The first-order chi connectivity index (χ1) is 7.68. The predicted octanol–water partition coefficient (Wildman–Crippen LogP) is 1.31. The topological polar surface area (TPSA) is 49.3 Å². The highest BCUT2D eigenvalue weighted by Gasteiger charge is 2.45. The smallest absolute Gasteiger partial charge is 0.321 e. The van der Waals surface area contributed by atoms with Crippen molar-refractivity contribution in [2.24, 2.45) is 5.92 Å². The quantitative estimate of drug-likeness (QED) is 0.745. The van der Waals surface area contributed by atoms with Gasteiger partial charge in [-0.25, -0.2) is 0 Å². The summed E-state index contributed by atoms with van der Waals surface area (Å²) in [4.78, 5) is 11.1. The number of fused-ring (bicyclic) bond motifs is 3. The number of hydrogen-bond donors (Lipinski definition) is 2. The van der Waals surface area contributed by atoms with Gasteiger partial charge in [-0.3, -0.25) is 4.79 Å². The fourth-order valence-corrected chi connectivity index (χ4v) is 3.25. The zero-order valence-corrected chi connectivity index (χ0v) is 9.23. The molecule has 3 unspecified atom stereocenters. The Balaban J connectivity index is 2.00. The fraction of sp³-hybridized carbons (Fsp3) is 0.462. The number of aryl methyl sites for hydroxylation is 1. The SMILES string of the molecule is Cc1cccc2c1CC1C(C(=O)O)NCC21. The third kappa shape index (κ3) is 1.21. The van der Waals surface area contributed by atoms with Crippen LogP contribution in [0.15, 0.2) is 18.2 Å². The minimum Gasteiger partial charge on any atom is -0.480 e. The van der Waals surface area contributed by atoms with Crippen LogP contribution in [0.25, 0.3) is 0 Å². The maximum absolute atomic E-state index is 11.1. The summed E-state index contributed by atoms with van der Waals surface area (Å²) in [5, 5.41) is 12.3. The molecule has 1 aromatic rings. The lowest BCUT2D eigenvalue weighted by atomic mass is 9.91. The number of aliphatic carboxylic acids is 1. The molecule has 1 fully saturated rings. The van der Waals surface area contributed by atoms with Crippen molar-refractivity contribution in [3.8, 4) is 0 Å². The Labute approximate surface area is 94.5 Å². The number of hydrogen-bond acceptors (Lipinski definition) is 2. The summed E-state index contributed by atoms with van der Waals surface area (Å²) in [5.41, 5.74) is 4.04. The Bertz CT molecular complexity index is 455. The van der Waals surface area contributed by atoms with Crippen molar-refractivity contribution >= 4 is 5.97 Å². The zero-order chi connectivity index (χ0) is 11.3. The highest BCUT2D eigenvalue weighted by atomic mass is 16.4. The largest absolute Gasteiger partial charge is 0.480 e. The molecule has 0 spiro atoms. The highest BCUT2D eigenvalue weighted by Crippen LogP contribution is 2.43. The van der Waals surface area contributed by atoms with Gasteiger partial charge in [0, 0.05) is 12.5 Å². The molecule has 3 heteroatoms. The minimum atomic E-state index is -0.710. The van der Waals surface area contributed by atoms with E-state index in [9.17, 15) is 4.79 Å². The van der Waals surface area contributed by atoms with Crippen molar-refractivity contribution < 1.29 is 9.90 Å². The van der Waals surface area contributed by atoms with Crippen LogP contribution >= 0.6 is 0 Å². The van der Waals surface area contributed by atoms with E-state index in [-0.39, 0.29) is 12.0 Å². The Morgan fingerprint density at radius 2 is 2.31 bits per heavy atom. The molecule has 1 aliphatic carbocycles. The Kier molecular flexibility index (Phi) is 2.04. The Hall–Kier alpha value is -1.35. The van der Waals surface area contributed by atoms with Gasteiger partial charge in [0.15, 0.2) is 0 Å². The lowest BCUT2D eigenvalue weighted by Crippen LogP contribution is -2.35. The summed E-state index contributed by atoms with van der Waals surface area (Å²) in [6, 6.07) is 5.98. The molecule has 1 heterocycles. The normalized spacial score (nSPS) is 31.2.